The third-order valence-electron chi connectivity index (χ3n) is 12.7. The van der Waals surface area contributed by atoms with E-state index in [2.05, 4.69) is 26.6 Å². The summed E-state index contributed by atoms with van der Waals surface area (Å²) < 4.78 is 27.3. The normalized spacial score (nSPS) is 19.0. The van der Waals surface area contributed by atoms with Gasteiger partial charge in [-0.1, -0.05) is 88.4 Å². The highest BCUT2D eigenvalue weighted by Gasteiger charge is 2.47. The summed E-state index contributed by atoms with van der Waals surface area (Å²) in [5.41, 5.74) is -0.0632. The van der Waals surface area contributed by atoms with Crippen molar-refractivity contribution >= 4 is 35.8 Å². The number of likely N-dealkylation sites (tertiary alicyclic amines) is 1. The fourth-order valence-corrected chi connectivity index (χ4v) is 9.82. The van der Waals surface area contributed by atoms with Gasteiger partial charge < -0.3 is 45.8 Å². The molecule has 6 amide bonds. The maximum absolute atomic E-state index is 16.5. The molecule has 5 atom stereocenters. The van der Waals surface area contributed by atoms with E-state index in [0.29, 0.717) is 32.1 Å². The Labute approximate surface area is 421 Å². The number of alkyl carbamates (subject to hydrolysis) is 2. The number of benzene rings is 2. The monoisotopic (exact) mass is 992 g/mol. The number of nitrogens with zero attached hydrogens (tertiary/aromatic N) is 2. The molecule has 4 rings (SSSR count). The van der Waals surface area contributed by atoms with E-state index in [1.807, 2.05) is 107 Å². The fraction of sp³-hybridized carbons (Fsp3) is 0.630. The predicted molar refractivity (Wildman–Crippen MR) is 271 cm³/mol. The molecule has 2 fully saturated rings. The van der Waals surface area contributed by atoms with Gasteiger partial charge in [0, 0.05) is 30.2 Å². The molecular formula is C54H82FN7O9. The molecular weight excluding hydrogens is 910 g/mol. The average molecular weight is 992 g/mol. The van der Waals surface area contributed by atoms with E-state index in [9.17, 15) is 28.8 Å². The van der Waals surface area contributed by atoms with Crippen molar-refractivity contribution < 1.29 is 47.5 Å². The van der Waals surface area contributed by atoms with Crippen LogP contribution in [0.5, 0.6) is 0 Å². The van der Waals surface area contributed by atoms with Crippen LogP contribution in [0.1, 0.15) is 132 Å². The van der Waals surface area contributed by atoms with Crippen LogP contribution >= 0.6 is 0 Å². The highest BCUT2D eigenvalue weighted by Crippen LogP contribution is 2.38. The van der Waals surface area contributed by atoms with Crippen LogP contribution in [-0.4, -0.2) is 113 Å². The van der Waals surface area contributed by atoms with Gasteiger partial charge in [-0.25, -0.2) is 14.0 Å². The van der Waals surface area contributed by atoms with E-state index in [1.165, 1.54) is 11.0 Å². The second-order valence-electron chi connectivity index (χ2n) is 22.0. The molecule has 0 saturated carbocycles. The Kier molecular flexibility index (Phi) is 21.4. The molecule has 2 aromatic carbocycles. The number of hydrogen-bond acceptors (Lipinski definition) is 10. The van der Waals surface area contributed by atoms with Gasteiger partial charge in [-0.15, -0.1) is 0 Å². The molecule has 2 saturated heterocycles. The van der Waals surface area contributed by atoms with Crippen LogP contribution in [0.25, 0.3) is 0 Å². The first-order valence-corrected chi connectivity index (χ1v) is 25.2. The molecule has 16 nitrogen and oxygen atoms in total. The molecule has 2 heterocycles. The Morgan fingerprint density at radius 1 is 0.817 bits per heavy atom. The summed E-state index contributed by atoms with van der Waals surface area (Å²) in [6.07, 6.45) is 2.63. The zero-order valence-corrected chi connectivity index (χ0v) is 44.2. The minimum absolute atomic E-state index is 0.0165. The Bertz CT molecular complexity index is 2090. The molecule has 394 valence electrons. The SMILES string of the molecule is CON1C(C)(C)CC(NC(=O)[C@H](CCCNC(=O)OCc2ccccc2)NC(=O)[C@@H](NC(=O)[C@@H]2CCCN2C(=O)[C@H](C=C(F)[C@H](CC(C)C)NC(=O)OC(C)(C)C)Cc2ccccc2)C(C)C)CC1(C)C. The summed E-state index contributed by atoms with van der Waals surface area (Å²) in [7, 11) is 1.63. The van der Waals surface area contributed by atoms with E-state index in [0.717, 1.165) is 11.1 Å². The van der Waals surface area contributed by atoms with Crippen molar-refractivity contribution in [3.05, 3.63) is 83.7 Å². The molecule has 0 unspecified atom stereocenters. The van der Waals surface area contributed by atoms with Gasteiger partial charge in [0.25, 0.3) is 0 Å². The van der Waals surface area contributed by atoms with Crippen LogP contribution in [0.2, 0.25) is 0 Å². The highest BCUT2D eigenvalue weighted by molar-refractivity contribution is 5.95. The van der Waals surface area contributed by atoms with Crippen molar-refractivity contribution in [3.63, 3.8) is 0 Å². The first kappa shape index (κ1) is 58.0. The summed E-state index contributed by atoms with van der Waals surface area (Å²) in [5.74, 6) is -4.20. The minimum Gasteiger partial charge on any atom is -0.445 e. The number of amides is 6. The van der Waals surface area contributed by atoms with Crippen molar-refractivity contribution in [3.8, 4) is 0 Å². The van der Waals surface area contributed by atoms with E-state index in [1.54, 1.807) is 41.7 Å². The number of hydroxylamine groups is 2. The quantitative estimate of drug-likeness (QED) is 0.0731. The van der Waals surface area contributed by atoms with Gasteiger partial charge in [-0.2, -0.15) is 5.06 Å². The van der Waals surface area contributed by atoms with Crippen LogP contribution in [0.3, 0.4) is 0 Å². The maximum atomic E-state index is 16.5. The average Bonchev–Trinajstić information content (AvgIpc) is 3.77. The third-order valence-corrected chi connectivity index (χ3v) is 12.7. The number of carbonyl (C=O) groups is 6. The smallest absolute Gasteiger partial charge is 0.408 e. The first-order valence-electron chi connectivity index (χ1n) is 25.2. The predicted octanol–water partition coefficient (Wildman–Crippen LogP) is 7.66. The Morgan fingerprint density at radius 2 is 1.42 bits per heavy atom. The summed E-state index contributed by atoms with van der Waals surface area (Å²) in [6, 6.07) is 14.0. The molecule has 0 bridgehead atoms. The zero-order chi connectivity index (χ0) is 52.7. The lowest BCUT2D eigenvalue weighted by molar-refractivity contribution is -0.267. The van der Waals surface area contributed by atoms with Crippen molar-refractivity contribution in [1.82, 2.24) is 36.5 Å². The Morgan fingerprint density at radius 3 is 1.99 bits per heavy atom. The van der Waals surface area contributed by atoms with Gasteiger partial charge in [-0.3, -0.25) is 19.2 Å². The van der Waals surface area contributed by atoms with E-state index in [-0.39, 0.29) is 50.9 Å². The van der Waals surface area contributed by atoms with E-state index < -0.39 is 94.3 Å². The number of hydrogen-bond donors (Lipinski definition) is 5. The maximum Gasteiger partial charge on any atom is 0.408 e. The lowest BCUT2D eigenvalue weighted by Crippen LogP contribution is -2.65. The van der Waals surface area contributed by atoms with Gasteiger partial charge in [0.15, 0.2) is 0 Å². The summed E-state index contributed by atoms with van der Waals surface area (Å²) in [4.78, 5) is 90.2. The number of piperidine rings is 1. The minimum atomic E-state index is -1.10. The molecule has 71 heavy (non-hydrogen) atoms. The molecule has 2 aromatic rings. The second-order valence-corrected chi connectivity index (χ2v) is 22.0. The molecule has 17 heteroatoms. The summed E-state index contributed by atoms with van der Waals surface area (Å²) in [5, 5.41) is 16.3. The first-order chi connectivity index (χ1) is 33.3. The number of ether oxygens (including phenoxy) is 2. The van der Waals surface area contributed by atoms with Gasteiger partial charge in [0.1, 0.15) is 36.2 Å². The lowest BCUT2D eigenvalue weighted by atomic mass is 9.79. The van der Waals surface area contributed by atoms with Crippen molar-refractivity contribution in [1.29, 1.82) is 0 Å². The van der Waals surface area contributed by atoms with Gasteiger partial charge >= 0.3 is 12.2 Å². The van der Waals surface area contributed by atoms with Gasteiger partial charge in [0.2, 0.25) is 23.6 Å². The number of halogens is 1. The molecule has 0 aliphatic carbocycles. The van der Waals surface area contributed by atoms with Crippen LogP contribution in [0, 0.1) is 17.8 Å². The second kappa shape index (κ2) is 26.2. The van der Waals surface area contributed by atoms with Crippen LogP contribution < -0.4 is 26.6 Å². The number of carbonyl (C=O) groups excluding carboxylic acids is 6. The topological polar surface area (TPSA) is 197 Å². The van der Waals surface area contributed by atoms with E-state index >= 15 is 4.39 Å². The molecule has 5 N–H and O–H groups in total. The molecule has 0 radical (unpaired) electrons. The van der Waals surface area contributed by atoms with Crippen LogP contribution in [0.15, 0.2) is 72.6 Å². The number of nitrogens with one attached hydrogen (secondary N) is 5. The highest BCUT2D eigenvalue weighted by atomic mass is 19.1. The van der Waals surface area contributed by atoms with Crippen molar-refractivity contribution in [2.75, 3.05) is 20.2 Å². The van der Waals surface area contributed by atoms with Crippen molar-refractivity contribution in [2.24, 2.45) is 17.8 Å². The van der Waals surface area contributed by atoms with Gasteiger partial charge in [0.05, 0.1) is 19.1 Å². The third kappa shape index (κ3) is 18.2. The van der Waals surface area contributed by atoms with Crippen molar-refractivity contribution in [2.45, 2.75) is 181 Å². The molecule has 2 aliphatic rings. The van der Waals surface area contributed by atoms with Crippen LogP contribution in [-0.2, 0) is 46.5 Å². The fourth-order valence-electron chi connectivity index (χ4n) is 9.82. The lowest BCUT2D eigenvalue weighted by Gasteiger charge is -2.53. The van der Waals surface area contributed by atoms with E-state index in [4.69, 9.17) is 14.3 Å². The molecule has 2 aliphatic heterocycles. The largest absolute Gasteiger partial charge is 0.445 e. The van der Waals surface area contributed by atoms with Crippen LogP contribution in [0.4, 0.5) is 14.0 Å². The molecule has 0 spiro atoms. The standard InChI is InChI=1S/C54H82FN7O9/c1-35(2)29-43(59-51(68)71-52(5,6)7)41(55)31-39(30-37-21-15-13-16-22-37)49(66)61-28-20-26-44(61)47(64)60-45(36(3)4)48(65)58-42(25-19-27-56-50(67)70-34-38-23-17-14-18-24-38)46(63)57-40-32-53(8,9)62(69-12)54(10,11)33-40/h13-18,21-24,31,35-36,39-40,42-45H,19-20,25-30,32-34H2,1-12H3,(H,56,67)(H,57,63)(H,58,65)(H,59,68)(H,60,64)/t39-,42-,43-,44-,45-/m0/s1. The summed E-state index contributed by atoms with van der Waals surface area (Å²) in [6.45, 7) is 21.2. The van der Waals surface area contributed by atoms with Gasteiger partial charge in [-0.05, 0) is 129 Å². The Balaban J connectivity index is 1.53. The number of rotatable bonds is 22. The molecule has 0 aromatic heterocycles. The summed E-state index contributed by atoms with van der Waals surface area (Å²) >= 11 is 0. The Hall–Kier alpha value is -5.55. The zero-order valence-electron chi connectivity index (χ0n) is 44.2.